The molecule has 0 saturated carbocycles. The highest BCUT2D eigenvalue weighted by Crippen LogP contribution is 2.37. The number of amides is 2. The van der Waals surface area contributed by atoms with Gasteiger partial charge in [-0.1, -0.05) is 5.16 Å². The Kier molecular flexibility index (Phi) is 4.63. The van der Waals surface area contributed by atoms with Crippen LogP contribution in [0.25, 0.3) is 0 Å². The Morgan fingerprint density at radius 1 is 1.52 bits per heavy atom. The number of rotatable bonds is 5. The van der Waals surface area contributed by atoms with Gasteiger partial charge in [-0.05, 0) is 11.5 Å². The summed E-state index contributed by atoms with van der Waals surface area (Å²) >= 11 is 2.39. The van der Waals surface area contributed by atoms with Gasteiger partial charge in [0.15, 0.2) is 10.8 Å². The van der Waals surface area contributed by atoms with Crippen molar-refractivity contribution in [2.75, 3.05) is 12.8 Å². The van der Waals surface area contributed by atoms with Crippen LogP contribution in [0, 0.1) is 0 Å². The number of hydrogen-bond acceptors (Lipinski definition) is 9. The average Bonchev–Trinajstić information content (AvgIpc) is 3.02. The first-order valence-corrected chi connectivity index (χ1v) is 8.76. The normalized spacial score (nSPS) is 25.2. The molecule has 3 atom stereocenters. The number of carbonyl (C=O) groups is 3. The number of anilines is 1. The number of thioether (sulfide) groups is 1. The van der Waals surface area contributed by atoms with E-state index >= 15 is 0 Å². The van der Waals surface area contributed by atoms with E-state index in [-0.39, 0.29) is 16.5 Å². The van der Waals surface area contributed by atoms with Crippen LogP contribution in [0.4, 0.5) is 5.13 Å². The number of aliphatic carboxylic acids is 1. The fourth-order valence-electron chi connectivity index (χ4n) is 2.46. The molecule has 1 aromatic rings. The summed E-state index contributed by atoms with van der Waals surface area (Å²) in [6.45, 7) is 0. The molecule has 1 aromatic heterocycles. The molecule has 2 amide bonds. The lowest BCUT2D eigenvalue weighted by molar-refractivity contribution is -0.159. The van der Waals surface area contributed by atoms with Gasteiger partial charge in [0.25, 0.3) is 5.91 Å². The molecule has 4 N–H and O–H groups in total. The Bertz CT molecular complexity index is 792. The monoisotopic (exact) mass is 383 g/mol. The van der Waals surface area contributed by atoms with E-state index in [1.807, 2.05) is 0 Å². The second-order valence-corrected chi connectivity index (χ2v) is 6.95. The van der Waals surface area contributed by atoms with E-state index < -0.39 is 35.2 Å². The van der Waals surface area contributed by atoms with Crippen LogP contribution in [0.15, 0.2) is 22.0 Å². The smallest absolute Gasteiger partial charge is 0.330 e. The molecule has 0 spiro atoms. The van der Waals surface area contributed by atoms with Gasteiger partial charge in [-0.2, -0.15) is 0 Å². The lowest BCUT2D eigenvalue weighted by Crippen LogP contribution is -2.73. The summed E-state index contributed by atoms with van der Waals surface area (Å²) in [5, 5.41) is 18.3. The summed E-state index contributed by atoms with van der Waals surface area (Å²) in [6.07, 6.45) is 1.43. The molecule has 12 heteroatoms. The molecule has 3 rings (SSSR count). The molecular formula is C13H13N5O5S2. The highest BCUT2D eigenvalue weighted by atomic mass is 32.2. The summed E-state index contributed by atoms with van der Waals surface area (Å²) in [5.74, 6) is -2.26. The summed E-state index contributed by atoms with van der Waals surface area (Å²) < 4.78 is 0. The van der Waals surface area contributed by atoms with Crippen LogP contribution >= 0.6 is 23.1 Å². The zero-order valence-corrected chi connectivity index (χ0v) is 14.4. The molecule has 1 unspecified atom stereocenters. The third-order valence-electron chi connectivity index (χ3n) is 3.56. The number of nitrogens with one attached hydrogen (secondary N) is 1. The number of thiazole rings is 1. The van der Waals surface area contributed by atoms with Gasteiger partial charge >= 0.3 is 5.97 Å². The maximum absolute atomic E-state index is 12.5. The van der Waals surface area contributed by atoms with Gasteiger partial charge in [0.05, 0.1) is 0 Å². The zero-order chi connectivity index (χ0) is 18.1. The SMILES string of the molecule is CON=C(C(=O)N[C@@H]1C(=O)N2C(C(=O)O)C=CS[C@H]12)c1csc(N)n1. The van der Waals surface area contributed by atoms with Crippen LogP contribution in [0.5, 0.6) is 0 Å². The summed E-state index contributed by atoms with van der Waals surface area (Å²) in [4.78, 5) is 45.8. The predicted octanol–water partition coefficient (Wildman–Crippen LogP) is -0.557. The van der Waals surface area contributed by atoms with E-state index in [1.165, 1.54) is 29.8 Å². The number of oxime groups is 1. The van der Waals surface area contributed by atoms with Gasteiger partial charge in [0, 0.05) is 5.38 Å². The summed E-state index contributed by atoms with van der Waals surface area (Å²) in [6, 6.07) is -1.89. The third-order valence-corrected chi connectivity index (χ3v) is 5.33. The topological polar surface area (TPSA) is 147 Å². The van der Waals surface area contributed by atoms with Gasteiger partial charge in [0.1, 0.15) is 30.3 Å². The van der Waals surface area contributed by atoms with E-state index in [1.54, 1.807) is 10.8 Å². The first-order chi connectivity index (χ1) is 11.9. The lowest BCUT2D eigenvalue weighted by atomic mass is 10.0. The van der Waals surface area contributed by atoms with Crippen LogP contribution < -0.4 is 11.1 Å². The minimum Gasteiger partial charge on any atom is -0.479 e. The average molecular weight is 383 g/mol. The van der Waals surface area contributed by atoms with E-state index in [0.717, 1.165) is 11.3 Å². The van der Waals surface area contributed by atoms with Crippen molar-refractivity contribution >= 4 is 51.7 Å². The van der Waals surface area contributed by atoms with Gasteiger partial charge in [-0.25, -0.2) is 9.78 Å². The molecule has 1 saturated heterocycles. The van der Waals surface area contributed by atoms with Gasteiger partial charge in [-0.3, -0.25) is 9.59 Å². The van der Waals surface area contributed by atoms with Crippen molar-refractivity contribution in [2.45, 2.75) is 17.5 Å². The molecule has 0 aromatic carbocycles. The van der Waals surface area contributed by atoms with Crippen LogP contribution in [-0.2, 0) is 19.2 Å². The first kappa shape index (κ1) is 17.2. The molecule has 3 heterocycles. The Morgan fingerprint density at radius 3 is 2.88 bits per heavy atom. The molecule has 0 aliphatic carbocycles. The second-order valence-electron chi connectivity index (χ2n) is 5.03. The molecule has 2 aliphatic rings. The third kappa shape index (κ3) is 3.05. The van der Waals surface area contributed by atoms with Crippen LogP contribution in [-0.4, -0.2) is 63.1 Å². The van der Waals surface area contributed by atoms with Gasteiger partial charge in [-0.15, -0.1) is 23.1 Å². The largest absolute Gasteiger partial charge is 0.479 e. The summed E-state index contributed by atoms with van der Waals surface area (Å²) in [7, 11) is 1.28. The van der Waals surface area contributed by atoms with Crippen LogP contribution in [0.3, 0.4) is 0 Å². The molecule has 132 valence electrons. The van der Waals surface area contributed by atoms with Crippen molar-refractivity contribution in [1.29, 1.82) is 0 Å². The Morgan fingerprint density at radius 2 is 2.28 bits per heavy atom. The molecule has 1 fully saturated rings. The van der Waals surface area contributed by atoms with Crippen molar-refractivity contribution < 1.29 is 24.3 Å². The Hall–Kier alpha value is -2.60. The molecule has 25 heavy (non-hydrogen) atoms. The fraction of sp³-hybridized carbons (Fsp3) is 0.308. The fourth-order valence-corrected chi connectivity index (χ4v) is 4.11. The van der Waals surface area contributed by atoms with Crippen LogP contribution in [0.1, 0.15) is 5.69 Å². The second kappa shape index (κ2) is 6.72. The van der Waals surface area contributed by atoms with E-state index in [0.29, 0.717) is 0 Å². The number of carbonyl (C=O) groups excluding carboxylic acids is 2. The Balaban J connectivity index is 1.75. The number of nitrogen functional groups attached to an aromatic ring is 1. The summed E-state index contributed by atoms with van der Waals surface area (Å²) in [5.41, 5.74) is 5.67. The number of fused-ring (bicyclic) bond motifs is 1. The van der Waals surface area contributed by atoms with Gasteiger partial charge < -0.3 is 25.9 Å². The van der Waals surface area contributed by atoms with Crippen molar-refractivity contribution in [3.63, 3.8) is 0 Å². The number of carboxylic acids is 1. The highest BCUT2D eigenvalue weighted by molar-refractivity contribution is 8.02. The highest BCUT2D eigenvalue weighted by Gasteiger charge is 2.54. The number of nitrogens with two attached hydrogens (primary N) is 1. The number of hydrogen-bond donors (Lipinski definition) is 3. The molecule has 0 bridgehead atoms. The molecule has 2 aliphatic heterocycles. The standard InChI is InChI=1S/C13H13N5O5S2/c1-23-17-7(5-4-25-13(14)15-5)9(19)16-8-10(20)18-6(12(21)22)2-3-24-11(8)18/h2-4,6,8,11H,1H3,(H2,14,15)(H,16,19)(H,21,22)/t6?,8-,11-/m1/s1. The minimum absolute atomic E-state index is 0.118. The molecule has 10 nitrogen and oxygen atoms in total. The Labute approximate surface area is 149 Å². The number of carboxylic acid groups (broad SMARTS) is 1. The van der Waals surface area contributed by atoms with Crippen molar-refractivity contribution in [2.24, 2.45) is 5.16 Å². The van der Waals surface area contributed by atoms with E-state index in [4.69, 9.17) is 10.8 Å². The van der Waals surface area contributed by atoms with Crippen LogP contribution in [0.2, 0.25) is 0 Å². The maximum Gasteiger partial charge on any atom is 0.330 e. The van der Waals surface area contributed by atoms with E-state index in [2.05, 4.69) is 20.3 Å². The number of nitrogens with zero attached hydrogens (tertiary/aromatic N) is 3. The first-order valence-electron chi connectivity index (χ1n) is 6.94. The predicted molar refractivity (Wildman–Crippen MR) is 90.8 cm³/mol. The van der Waals surface area contributed by atoms with Crippen molar-refractivity contribution in [3.8, 4) is 0 Å². The zero-order valence-electron chi connectivity index (χ0n) is 12.8. The maximum atomic E-state index is 12.5. The van der Waals surface area contributed by atoms with Crippen molar-refractivity contribution in [3.05, 3.63) is 22.6 Å². The van der Waals surface area contributed by atoms with Gasteiger partial charge in [0.2, 0.25) is 5.91 Å². The minimum atomic E-state index is -1.13. The quantitative estimate of drug-likeness (QED) is 0.348. The van der Waals surface area contributed by atoms with Crippen molar-refractivity contribution in [1.82, 2.24) is 15.2 Å². The molecular weight excluding hydrogens is 370 g/mol. The van der Waals surface area contributed by atoms with E-state index in [9.17, 15) is 14.4 Å². The number of β-lactam (4-membered cyclic amide) rings is 1. The molecule has 0 radical (unpaired) electrons. The number of aromatic nitrogens is 1. The lowest BCUT2D eigenvalue weighted by Gasteiger charge is -2.49.